The molecule has 0 saturated carbocycles. The third kappa shape index (κ3) is 5.54. The number of rotatable bonds is 9. The van der Waals surface area contributed by atoms with E-state index in [4.69, 9.17) is 9.05 Å². The summed E-state index contributed by atoms with van der Waals surface area (Å²) < 4.78 is 24.2. The first-order valence-corrected chi connectivity index (χ1v) is 10.4. The van der Waals surface area contributed by atoms with Crippen molar-refractivity contribution in [3.63, 3.8) is 0 Å². The summed E-state index contributed by atoms with van der Waals surface area (Å²) in [5, 5.41) is 14.0. The van der Waals surface area contributed by atoms with Crippen molar-refractivity contribution in [1.82, 2.24) is 0 Å². The molecule has 0 aliphatic carbocycles. The molecular formula is C17H38NO4P. The summed E-state index contributed by atoms with van der Waals surface area (Å²) in [6.07, 6.45) is 1.70. The van der Waals surface area contributed by atoms with E-state index in [1.165, 1.54) is 0 Å². The molecule has 0 aromatic rings. The predicted molar refractivity (Wildman–Crippen MR) is 97.3 cm³/mol. The minimum atomic E-state index is -3.55. The van der Waals surface area contributed by atoms with E-state index in [2.05, 4.69) is 6.92 Å². The zero-order valence-corrected chi connectivity index (χ0v) is 17.5. The number of hydrogen-bond acceptors (Lipinski definition) is 4. The first kappa shape index (κ1) is 23.1. The fourth-order valence-electron chi connectivity index (χ4n) is 3.08. The lowest BCUT2D eigenvalue weighted by Gasteiger charge is -2.60. The molecule has 2 atom stereocenters. The standard InChI is InChI=1S/C17H38NO4P/c1-10-13-14-18(19,17(7,8)9)15(16(4,5)6)23(20,21-11-2)22-12-3/h15H,10-14H2,1-9H3. The van der Waals surface area contributed by atoms with Crippen molar-refractivity contribution in [1.29, 1.82) is 0 Å². The zero-order chi connectivity index (χ0) is 18.5. The molecular weight excluding hydrogens is 313 g/mol. The highest BCUT2D eigenvalue weighted by Gasteiger charge is 2.57. The van der Waals surface area contributed by atoms with Crippen LogP contribution in [0.15, 0.2) is 0 Å². The van der Waals surface area contributed by atoms with Crippen LogP contribution in [-0.4, -0.2) is 35.7 Å². The highest BCUT2D eigenvalue weighted by molar-refractivity contribution is 7.54. The summed E-state index contributed by atoms with van der Waals surface area (Å²) in [6.45, 7) is 18.2. The van der Waals surface area contributed by atoms with Crippen LogP contribution in [0.4, 0.5) is 0 Å². The molecule has 0 heterocycles. The normalized spacial score (nSPS) is 17.8. The van der Waals surface area contributed by atoms with Gasteiger partial charge >= 0.3 is 7.60 Å². The molecule has 0 rings (SSSR count). The number of quaternary nitrogens is 1. The molecule has 140 valence electrons. The molecule has 0 fully saturated rings. The Morgan fingerprint density at radius 3 is 1.70 bits per heavy atom. The van der Waals surface area contributed by atoms with Crippen molar-refractivity contribution in [3.05, 3.63) is 5.21 Å². The molecule has 0 aliphatic rings. The van der Waals surface area contributed by atoms with Crippen molar-refractivity contribution >= 4 is 7.60 Å². The smallest absolute Gasteiger partial charge is 0.388 e. The van der Waals surface area contributed by atoms with Crippen molar-refractivity contribution in [2.75, 3.05) is 19.8 Å². The van der Waals surface area contributed by atoms with Gasteiger partial charge in [-0.2, -0.15) is 0 Å². The molecule has 0 radical (unpaired) electrons. The number of hydrogen-bond donors (Lipinski definition) is 0. The minimum absolute atomic E-state index is 0.266. The van der Waals surface area contributed by atoms with Gasteiger partial charge in [-0.15, -0.1) is 0 Å². The lowest BCUT2D eigenvalue weighted by atomic mass is 9.91. The van der Waals surface area contributed by atoms with Crippen LogP contribution in [0.2, 0.25) is 0 Å². The van der Waals surface area contributed by atoms with Gasteiger partial charge in [0.1, 0.15) is 0 Å². The average Bonchev–Trinajstić information content (AvgIpc) is 2.33. The van der Waals surface area contributed by atoms with Gasteiger partial charge in [-0.25, -0.2) is 0 Å². The zero-order valence-electron chi connectivity index (χ0n) is 16.6. The van der Waals surface area contributed by atoms with Crippen LogP contribution in [0.25, 0.3) is 0 Å². The molecule has 0 aliphatic heterocycles. The monoisotopic (exact) mass is 351 g/mol. The molecule has 0 spiro atoms. The Morgan fingerprint density at radius 1 is 1.00 bits per heavy atom. The molecule has 2 unspecified atom stereocenters. The van der Waals surface area contributed by atoms with Crippen LogP contribution in [-0.2, 0) is 13.6 Å². The summed E-state index contributed by atoms with van der Waals surface area (Å²) in [7, 11) is -3.55. The largest absolute Gasteiger partial charge is 0.632 e. The average molecular weight is 351 g/mol. The predicted octanol–water partition coefficient (Wildman–Crippen LogP) is 5.54. The molecule has 0 aromatic heterocycles. The van der Waals surface area contributed by atoms with Gasteiger partial charge in [0, 0.05) is 5.41 Å². The second kappa shape index (κ2) is 8.44. The van der Waals surface area contributed by atoms with Crippen LogP contribution >= 0.6 is 7.60 Å². The van der Waals surface area contributed by atoms with Gasteiger partial charge in [0.15, 0.2) is 5.78 Å². The van der Waals surface area contributed by atoms with Crippen LogP contribution < -0.4 is 0 Å². The van der Waals surface area contributed by atoms with Crippen molar-refractivity contribution in [3.8, 4) is 0 Å². The van der Waals surface area contributed by atoms with Gasteiger partial charge in [-0.05, 0) is 41.0 Å². The quantitative estimate of drug-likeness (QED) is 0.311. The van der Waals surface area contributed by atoms with Gasteiger partial charge in [-0.1, -0.05) is 34.1 Å². The van der Waals surface area contributed by atoms with E-state index in [1.807, 2.05) is 41.5 Å². The number of hydroxylamine groups is 3. The molecule has 6 heteroatoms. The highest BCUT2D eigenvalue weighted by Crippen LogP contribution is 2.63. The Balaban J connectivity index is 6.25. The maximum absolute atomic E-state index is 14.0. The highest BCUT2D eigenvalue weighted by atomic mass is 31.2. The van der Waals surface area contributed by atoms with Crippen molar-refractivity contribution < 1.29 is 18.3 Å². The molecule has 5 nitrogen and oxygen atoms in total. The van der Waals surface area contributed by atoms with Crippen LogP contribution in [0.3, 0.4) is 0 Å². The summed E-state index contributed by atoms with van der Waals surface area (Å²) in [6, 6.07) is 0. The summed E-state index contributed by atoms with van der Waals surface area (Å²) in [5.74, 6) is -0.763. The molecule has 0 N–H and O–H groups in total. The molecule has 23 heavy (non-hydrogen) atoms. The maximum Gasteiger partial charge on any atom is 0.388 e. The minimum Gasteiger partial charge on any atom is -0.632 e. The Kier molecular flexibility index (Phi) is 8.47. The maximum atomic E-state index is 14.0. The fourth-order valence-corrected chi connectivity index (χ4v) is 6.03. The second-order valence-electron chi connectivity index (χ2n) is 8.16. The molecule has 0 bridgehead atoms. The summed E-state index contributed by atoms with van der Waals surface area (Å²) >= 11 is 0. The Hall–Kier alpha value is 0.0700. The fraction of sp³-hybridized carbons (Fsp3) is 1.00. The van der Waals surface area contributed by atoms with E-state index >= 15 is 0 Å². The summed E-state index contributed by atoms with van der Waals surface area (Å²) in [5.41, 5.74) is -1.13. The van der Waals surface area contributed by atoms with Crippen molar-refractivity contribution in [2.45, 2.75) is 86.5 Å². The molecule has 0 aromatic carbocycles. The van der Waals surface area contributed by atoms with Gasteiger partial charge in [0.2, 0.25) is 0 Å². The first-order chi connectivity index (χ1) is 10.3. The number of unbranched alkanes of at least 4 members (excludes halogenated alkanes) is 1. The SMILES string of the molecule is CCCC[N+]([O-])(C(C(C)(C)C)P(=O)(OCC)OCC)C(C)(C)C. The lowest BCUT2D eigenvalue weighted by Crippen LogP contribution is -2.65. The third-order valence-corrected chi connectivity index (χ3v) is 7.05. The third-order valence-electron chi connectivity index (χ3n) is 4.07. The van der Waals surface area contributed by atoms with Crippen LogP contribution in [0.1, 0.15) is 75.2 Å². The van der Waals surface area contributed by atoms with E-state index in [1.54, 1.807) is 13.8 Å². The van der Waals surface area contributed by atoms with Crippen LogP contribution in [0.5, 0.6) is 0 Å². The van der Waals surface area contributed by atoms with Crippen LogP contribution in [0, 0.1) is 10.6 Å². The Morgan fingerprint density at radius 2 is 1.43 bits per heavy atom. The first-order valence-electron chi connectivity index (χ1n) is 8.77. The topological polar surface area (TPSA) is 58.6 Å². The van der Waals surface area contributed by atoms with E-state index in [9.17, 15) is 9.77 Å². The van der Waals surface area contributed by atoms with Gasteiger partial charge in [0.25, 0.3) is 0 Å². The van der Waals surface area contributed by atoms with E-state index in [0.717, 1.165) is 12.8 Å². The van der Waals surface area contributed by atoms with Crippen molar-refractivity contribution in [2.24, 2.45) is 5.41 Å². The summed E-state index contributed by atoms with van der Waals surface area (Å²) in [4.78, 5) is 0. The molecule has 0 saturated heterocycles. The number of nitrogens with zero attached hydrogens (tertiary/aromatic N) is 1. The van der Waals surface area contributed by atoms with E-state index in [0.29, 0.717) is 6.54 Å². The lowest BCUT2D eigenvalue weighted by molar-refractivity contribution is -0.943. The Bertz CT molecular complexity index is 390. The second-order valence-corrected chi connectivity index (χ2v) is 10.2. The molecule has 0 amide bonds. The van der Waals surface area contributed by atoms with Gasteiger partial charge in [-0.3, -0.25) is 4.57 Å². The van der Waals surface area contributed by atoms with Gasteiger partial charge < -0.3 is 18.9 Å². The van der Waals surface area contributed by atoms with E-state index in [-0.39, 0.29) is 13.2 Å². The van der Waals surface area contributed by atoms with Gasteiger partial charge in [0.05, 0.1) is 25.3 Å². The van der Waals surface area contributed by atoms with E-state index < -0.39 is 29.0 Å². The Labute approximate surface area is 143 Å².